The molecule has 1 N–H and O–H groups in total. The first-order valence-electron chi connectivity index (χ1n) is 32.1. The molecule has 0 fully saturated rings. The number of esters is 2. The van der Waals surface area contributed by atoms with E-state index in [2.05, 4.69) is 160 Å². The van der Waals surface area contributed by atoms with Gasteiger partial charge < -0.3 is 18.9 Å². The molecule has 0 bridgehead atoms. The van der Waals surface area contributed by atoms with Crippen LogP contribution < -0.4 is 0 Å². The van der Waals surface area contributed by atoms with Gasteiger partial charge in [-0.3, -0.25) is 18.6 Å². The molecule has 9 nitrogen and oxygen atoms in total. The van der Waals surface area contributed by atoms with Gasteiger partial charge in [0, 0.05) is 12.8 Å². The van der Waals surface area contributed by atoms with Gasteiger partial charge in [0.25, 0.3) is 0 Å². The Bertz CT molecular complexity index is 1880. The topological polar surface area (TPSA) is 108 Å². The molecule has 0 heterocycles. The molecule has 2 atom stereocenters. The van der Waals surface area contributed by atoms with Crippen LogP contribution in [0.25, 0.3) is 0 Å². The fourth-order valence-corrected chi connectivity index (χ4v) is 8.97. The number of quaternary nitrogens is 1. The molecule has 0 amide bonds. The number of nitrogens with zero attached hydrogens (tertiary/aromatic N) is 1. The van der Waals surface area contributed by atoms with Gasteiger partial charge in [-0.25, -0.2) is 4.57 Å². The minimum Gasteiger partial charge on any atom is -0.462 e. The summed E-state index contributed by atoms with van der Waals surface area (Å²) >= 11 is 0. The molecule has 0 aliphatic heterocycles. The second-order valence-corrected chi connectivity index (χ2v) is 23.5. The highest BCUT2D eigenvalue weighted by Crippen LogP contribution is 2.43. The first-order chi connectivity index (χ1) is 39.5. The van der Waals surface area contributed by atoms with E-state index in [9.17, 15) is 19.0 Å². The Morgan fingerprint density at radius 3 is 1.05 bits per heavy atom. The highest BCUT2D eigenvalue weighted by atomic mass is 31.2. The van der Waals surface area contributed by atoms with Crippen LogP contribution in [0.3, 0.4) is 0 Å². The number of carbonyl (C=O) groups is 2. The van der Waals surface area contributed by atoms with Crippen LogP contribution in [0.4, 0.5) is 0 Å². The van der Waals surface area contributed by atoms with Crippen molar-refractivity contribution in [1.29, 1.82) is 0 Å². The molecule has 0 aliphatic carbocycles. The molecule has 0 aliphatic rings. The number of phosphoric acid groups is 1. The molecule has 0 aromatic heterocycles. The third kappa shape index (κ3) is 64.9. The van der Waals surface area contributed by atoms with Crippen LogP contribution in [0.5, 0.6) is 0 Å². The van der Waals surface area contributed by atoms with E-state index in [0.29, 0.717) is 17.4 Å². The minimum absolute atomic E-state index is 0.0169. The number of hydrogen-bond donors (Lipinski definition) is 1. The summed E-state index contributed by atoms with van der Waals surface area (Å²) in [5.41, 5.74) is 0. The maximum atomic E-state index is 12.8. The molecule has 0 saturated carbocycles. The molecular formula is C71H119NO8P+. The summed E-state index contributed by atoms with van der Waals surface area (Å²) in [6.07, 6.45) is 89.4. The van der Waals surface area contributed by atoms with E-state index in [1.807, 2.05) is 21.1 Å². The predicted octanol–water partition coefficient (Wildman–Crippen LogP) is 20.6. The molecule has 0 aromatic rings. The van der Waals surface area contributed by atoms with E-state index in [1.54, 1.807) is 0 Å². The zero-order valence-corrected chi connectivity index (χ0v) is 53.1. The van der Waals surface area contributed by atoms with Gasteiger partial charge in [0.1, 0.15) is 19.8 Å². The van der Waals surface area contributed by atoms with E-state index >= 15 is 0 Å². The van der Waals surface area contributed by atoms with Crippen LogP contribution in [0.15, 0.2) is 146 Å². The van der Waals surface area contributed by atoms with Crippen LogP contribution in [0.2, 0.25) is 0 Å². The lowest BCUT2D eigenvalue weighted by Crippen LogP contribution is -2.37. The van der Waals surface area contributed by atoms with E-state index in [4.69, 9.17) is 18.5 Å². The van der Waals surface area contributed by atoms with E-state index < -0.39 is 26.5 Å². The van der Waals surface area contributed by atoms with Crippen LogP contribution in [-0.4, -0.2) is 74.9 Å². The van der Waals surface area contributed by atoms with Crippen molar-refractivity contribution in [2.24, 2.45) is 0 Å². The van der Waals surface area contributed by atoms with Crippen molar-refractivity contribution < 1.29 is 42.1 Å². The number of rotatable bonds is 57. The van der Waals surface area contributed by atoms with Crippen molar-refractivity contribution in [2.75, 3.05) is 47.5 Å². The summed E-state index contributed by atoms with van der Waals surface area (Å²) in [5.74, 6) is -0.852. The molecule has 10 heteroatoms. The Hall–Kier alpha value is -4.11. The Balaban J connectivity index is 4.23. The fourth-order valence-electron chi connectivity index (χ4n) is 8.23. The number of allylic oxidation sites excluding steroid dienone is 24. The first-order valence-corrected chi connectivity index (χ1v) is 33.6. The second-order valence-electron chi connectivity index (χ2n) is 22.1. The SMILES string of the molecule is CC/C=C\C/C=C\C/C=C\C/C=C\C/C=C\C/C=C\C/C=C\C/C=C\C/C=C\C/C=C\C/C=C\C/C=C\CCCCC(=O)OC(COC(=O)CCCCCCCCCCCCCCCCCCCC)COP(=O)(O)OCC[N+](C)(C)C. The predicted molar refractivity (Wildman–Crippen MR) is 348 cm³/mol. The number of hydrogen-bond acceptors (Lipinski definition) is 7. The first kappa shape index (κ1) is 76.9. The Morgan fingerprint density at radius 1 is 0.395 bits per heavy atom. The van der Waals surface area contributed by atoms with Crippen LogP contribution in [0, 0.1) is 0 Å². The average molecular weight is 1150 g/mol. The lowest BCUT2D eigenvalue weighted by Gasteiger charge is -2.24. The zero-order chi connectivity index (χ0) is 59.1. The normalized spacial score (nSPS) is 14.2. The second kappa shape index (κ2) is 60.5. The molecule has 0 aromatic carbocycles. The van der Waals surface area contributed by atoms with Crippen molar-refractivity contribution in [1.82, 2.24) is 0 Å². The monoisotopic (exact) mass is 1140 g/mol. The van der Waals surface area contributed by atoms with E-state index in [1.165, 1.54) is 96.3 Å². The van der Waals surface area contributed by atoms with Crippen molar-refractivity contribution in [3.8, 4) is 0 Å². The average Bonchev–Trinajstić information content (AvgIpc) is 3.43. The van der Waals surface area contributed by atoms with E-state index in [-0.39, 0.29) is 32.0 Å². The quantitative estimate of drug-likeness (QED) is 0.0211. The van der Waals surface area contributed by atoms with Crippen molar-refractivity contribution >= 4 is 19.8 Å². The van der Waals surface area contributed by atoms with Gasteiger partial charge in [0.05, 0.1) is 27.7 Å². The maximum Gasteiger partial charge on any atom is 0.472 e. The molecule has 0 rings (SSSR count). The summed E-state index contributed by atoms with van der Waals surface area (Å²) in [5, 5.41) is 0. The van der Waals surface area contributed by atoms with Crippen molar-refractivity contribution in [3.05, 3.63) is 146 Å². The van der Waals surface area contributed by atoms with Crippen LogP contribution >= 0.6 is 7.82 Å². The standard InChI is InChI=1S/C71H118NO8P/c1-6-8-10-12-14-16-18-20-22-24-26-27-28-29-30-31-32-33-34-35-36-37-38-39-40-41-42-43-44-45-46-48-50-52-54-56-58-60-62-64-71(74)80-69(68-79-81(75,76)78-66-65-72(3,4)5)67-77-70(73)63-61-59-57-55-53-51-49-47-25-23-21-19-17-15-13-11-9-7-2/h8,10,14,16,20,22,26-27,29-30,32-33,35-36,38-39,41-42,44-45,48,50,54,56,69H,6-7,9,11-13,15,17-19,21,23-25,28,31,34,37,40,43,46-47,49,51-53,55,57-68H2,1-5H3/p+1/b10-8-,16-14-,22-20-,27-26-,30-29-,33-32-,36-35-,39-38-,42-41-,45-44-,50-48-,56-54-. The maximum absolute atomic E-state index is 12.8. The highest BCUT2D eigenvalue weighted by Gasteiger charge is 2.27. The Kier molecular flexibility index (Phi) is 57.4. The molecular weight excluding hydrogens is 1030 g/mol. The van der Waals surface area contributed by atoms with Crippen molar-refractivity contribution in [3.63, 3.8) is 0 Å². The van der Waals surface area contributed by atoms with Gasteiger partial charge in [-0.15, -0.1) is 0 Å². The molecule has 2 unspecified atom stereocenters. The lowest BCUT2D eigenvalue weighted by atomic mass is 10.0. The lowest BCUT2D eigenvalue weighted by molar-refractivity contribution is -0.870. The molecule has 0 saturated heterocycles. The third-order valence-electron chi connectivity index (χ3n) is 13.1. The summed E-state index contributed by atoms with van der Waals surface area (Å²) in [6, 6.07) is 0. The molecule has 460 valence electrons. The van der Waals surface area contributed by atoms with Gasteiger partial charge in [-0.2, -0.15) is 0 Å². The Labute approximate surface area is 497 Å². The molecule has 81 heavy (non-hydrogen) atoms. The van der Waals surface area contributed by atoms with Crippen LogP contribution in [-0.2, 0) is 32.7 Å². The summed E-state index contributed by atoms with van der Waals surface area (Å²) in [7, 11) is 1.43. The number of ether oxygens (including phenoxy) is 2. The van der Waals surface area contributed by atoms with Gasteiger partial charge in [0.2, 0.25) is 0 Å². The number of likely N-dealkylation sites (N-methyl/N-ethyl adjacent to an activating group) is 1. The van der Waals surface area contributed by atoms with Gasteiger partial charge in [-0.1, -0.05) is 269 Å². The smallest absolute Gasteiger partial charge is 0.462 e. The summed E-state index contributed by atoms with van der Waals surface area (Å²) in [6.45, 7) is 4.27. The van der Waals surface area contributed by atoms with Gasteiger partial charge in [-0.05, 0) is 103 Å². The fraction of sp³-hybridized carbons (Fsp3) is 0.634. The van der Waals surface area contributed by atoms with Gasteiger partial charge in [0.15, 0.2) is 6.10 Å². The largest absolute Gasteiger partial charge is 0.472 e. The molecule has 0 spiro atoms. The zero-order valence-electron chi connectivity index (χ0n) is 52.2. The Morgan fingerprint density at radius 2 is 0.704 bits per heavy atom. The third-order valence-corrected chi connectivity index (χ3v) is 14.1. The number of carbonyl (C=O) groups excluding carboxylic acids is 2. The number of unbranched alkanes of at least 4 members (excludes halogenated alkanes) is 19. The minimum atomic E-state index is -4.41. The van der Waals surface area contributed by atoms with Crippen molar-refractivity contribution in [2.45, 2.75) is 245 Å². The van der Waals surface area contributed by atoms with Gasteiger partial charge >= 0.3 is 19.8 Å². The van der Waals surface area contributed by atoms with E-state index in [0.717, 1.165) is 109 Å². The van der Waals surface area contributed by atoms with Crippen LogP contribution in [0.1, 0.15) is 239 Å². The number of phosphoric ester groups is 1. The molecule has 0 radical (unpaired) electrons. The summed E-state index contributed by atoms with van der Waals surface area (Å²) < 4.78 is 34.5. The highest BCUT2D eigenvalue weighted by molar-refractivity contribution is 7.47. The summed E-state index contributed by atoms with van der Waals surface area (Å²) in [4.78, 5) is 35.7.